The molecular weight excluding hydrogens is 250 g/mol. The number of carboxylic acids is 1. The Morgan fingerprint density at radius 1 is 1.25 bits per heavy atom. The zero-order valence-electron chi connectivity index (χ0n) is 7.77. The molecule has 1 atom stereocenters. The van der Waals surface area contributed by atoms with Gasteiger partial charge in [-0.15, -0.1) is 0 Å². The van der Waals surface area contributed by atoms with Gasteiger partial charge in [0.15, 0.2) is 11.1 Å². The second-order valence-corrected chi connectivity index (χ2v) is 3.91. The molecule has 0 aliphatic carbocycles. The van der Waals surface area contributed by atoms with E-state index in [-0.39, 0.29) is 69.6 Å². The van der Waals surface area contributed by atoms with Crippen LogP contribution in [-0.4, -0.2) is 79.0 Å². The van der Waals surface area contributed by atoms with Gasteiger partial charge in [0, 0.05) is 0 Å². The molecule has 0 saturated heterocycles. The standard InChI is InChI=1S/C9H10O4S.2Na.2H/c1-5-3-7(9(10)11)4-8(6(5)2)14(12)13;;;;/h3-4H,1-2H3,(H,10,11)(H,12,13);;;;. The molecule has 0 aliphatic rings. The van der Waals surface area contributed by atoms with Crippen LogP contribution in [0.25, 0.3) is 0 Å². The van der Waals surface area contributed by atoms with Crippen LogP contribution < -0.4 is 0 Å². The summed E-state index contributed by atoms with van der Waals surface area (Å²) < 4.78 is 19.8. The Balaban J connectivity index is 0. The summed E-state index contributed by atoms with van der Waals surface area (Å²) in [5.41, 5.74) is 1.38. The predicted molar refractivity (Wildman–Crippen MR) is 66.2 cm³/mol. The Morgan fingerprint density at radius 2 is 1.75 bits per heavy atom. The first-order valence-electron chi connectivity index (χ1n) is 3.89. The molecule has 7 heteroatoms. The average molecular weight is 262 g/mol. The molecule has 0 spiro atoms. The molecule has 80 valence electrons. The van der Waals surface area contributed by atoms with E-state index in [1.165, 1.54) is 12.1 Å². The van der Waals surface area contributed by atoms with E-state index in [9.17, 15) is 9.00 Å². The van der Waals surface area contributed by atoms with Gasteiger partial charge in [-0.2, -0.15) is 0 Å². The van der Waals surface area contributed by atoms with Crippen LogP contribution in [0.5, 0.6) is 0 Å². The van der Waals surface area contributed by atoms with Gasteiger partial charge in [-0.3, -0.25) is 0 Å². The molecular formula is C9H12Na2O4S. The van der Waals surface area contributed by atoms with Crippen molar-refractivity contribution in [2.45, 2.75) is 18.7 Å². The van der Waals surface area contributed by atoms with Crippen LogP contribution in [0.15, 0.2) is 17.0 Å². The first-order valence-corrected chi connectivity index (χ1v) is 4.99. The molecule has 1 aromatic rings. The summed E-state index contributed by atoms with van der Waals surface area (Å²) in [6.07, 6.45) is 0. The molecule has 4 nitrogen and oxygen atoms in total. The third kappa shape index (κ3) is 4.58. The molecule has 16 heavy (non-hydrogen) atoms. The quantitative estimate of drug-likeness (QED) is 0.593. The van der Waals surface area contributed by atoms with Crippen molar-refractivity contribution in [2.24, 2.45) is 0 Å². The van der Waals surface area contributed by atoms with E-state index < -0.39 is 17.0 Å². The Bertz CT molecular complexity index is 420. The average Bonchev–Trinajstić information content (AvgIpc) is 2.08. The molecule has 1 unspecified atom stereocenters. The molecule has 0 saturated carbocycles. The van der Waals surface area contributed by atoms with Crippen molar-refractivity contribution < 1.29 is 18.7 Å². The molecule has 0 aliphatic heterocycles. The molecule has 0 radical (unpaired) electrons. The summed E-state index contributed by atoms with van der Waals surface area (Å²) in [5.74, 6) is -1.10. The van der Waals surface area contributed by atoms with Crippen molar-refractivity contribution in [2.75, 3.05) is 0 Å². The van der Waals surface area contributed by atoms with Crippen LogP contribution in [0.1, 0.15) is 21.5 Å². The second kappa shape index (κ2) is 8.00. The Kier molecular flexibility index (Phi) is 9.57. The maximum atomic E-state index is 10.9. The fourth-order valence-electron chi connectivity index (χ4n) is 1.13. The van der Waals surface area contributed by atoms with E-state index in [4.69, 9.17) is 9.66 Å². The topological polar surface area (TPSA) is 74.6 Å². The van der Waals surface area contributed by atoms with Crippen LogP contribution in [-0.2, 0) is 11.1 Å². The van der Waals surface area contributed by atoms with E-state index in [1.54, 1.807) is 13.8 Å². The van der Waals surface area contributed by atoms with Gasteiger partial charge >= 0.3 is 65.1 Å². The SMILES string of the molecule is Cc1cc(C(=O)O)cc(S(=O)O)c1C.[NaH].[NaH]. The van der Waals surface area contributed by atoms with Crippen molar-refractivity contribution in [3.05, 3.63) is 28.8 Å². The van der Waals surface area contributed by atoms with Crippen molar-refractivity contribution in [1.29, 1.82) is 0 Å². The minimum absolute atomic E-state index is 0. The fourth-order valence-corrected chi connectivity index (χ4v) is 1.78. The van der Waals surface area contributed by atoms with Crippen molar-refractivity contribution in [1.82, 2.24) is 0 Å². The van der Waals surface area contributed by atoms with Crippen LogP contribution >= 0.6 is 0 Å². The zero-order chi connectivity index (χ0) is 10.9. The van der Waals surface area contributed by atoms with Gasteiger partial charge in [-0.05, 0) is 37.1 Å². The van der Waals surface area contributed by atoms with Gasteiger partial charge in [0.05, 0.1) is 10.5 Å². The molecule has 0 heterocycles. The zero-order valence-corrected chi connectivity index (χ0v) is 8.59. The maximum absolute atomic E-state index is 10.9. The molecule has 0 fully saturated rings. The summed E-state index contributed by atoms with van der Waals surface area (Å²) in [6, 6.07) is 2.70. The number of hydrogen-bond acceptors (Lipinski definition) is 2. The van der Waals surface area contributed by atoms with Crippen molar-refractivity contribution in [3.63, 3.8) is 0 Å². The van der Waals surface area contributed by atoms with E-state index in [1.807, 2.05) is 0 Å². The van der Waals surface area contributed by atoms with Crippen molar-refractivity contribution in [3.8, 4) is 0 Å². The fraction of sp³-hybridized carbons (Fsp3) is 0.222. The van der Waals surface area contributed by atoms with Gasteiger partial charge in [-0.1, -0.05) is 0 Å². The Hall–Kier alpha value is 0.800. The van der Waals surface area contributed by atoms with Crippen LogP contribution in [0, 0.1) is 13.8 Å². The van der Waals surface area contributed by atoms with Crippen LogP contribution in [0.2, 0.25) is 0 Å². The van der Waals surface area contributed by atoms with Crippen molar-refractivity contribution >= 4 is 76.2 Å². The third-order valence-electron chi connectivity index (χ3n) is 2.05. The molecule has 1 aromatic carbocycles. The van der Waals surface area contributed by atoms with Crippen LogP contribution in [0.4, 0.5) is 0 Å². The first-order chi connectivity index (χ1) is 6.43. The molecule has 1 rings (SSSR count). The number of carbonyl (C=O) groups is 1. The molecule has 2 N–H and O–H groups in total. The van der Waals surface area contributed by atoms with Gasteiger partial charge in [0.1, 0.15) is 0 Å². The summed E-state index contributed by atoms with van der Waals surface area (Å²) in [5, 5.41) is 8.73. The van der Waals surface area contributed by atoms with E-state index in [2.05, 4.69) is 0 Å². The van der Waals surface area contributed by atoms with E-state index >= 15 is 0 Å². The molecule has 0 amide bonds. The summed E-state index contributed by atoms with van der Waals surface area (Å²) in [4.78, 5) is 10.8. The Morgan fingerprint density at radius 3 is 2.12 bits per heavy atom. The minimum atomic E-state index is -2.14. The summed E-state index contributed by atoms with van der Waals surface area (Å²) in [7, 11) is 0. The molecule has 0 aromatic heterocycles. The summed E-state index contributed by atoms with van der Waals surface area (Å²) in [6.45, 7) is 3.39. The van der Waals surface area contributed by atoms with Crippen LogP contribution in [0.3, 0.4) is 0 Å². The number of hydrogen-bond donors (Lipinski definition) is 2. The van der Waals surface area contributed by atoms with Gasteiger partial charge in [0.2, 0.25) is 0 Å². The predicted octanol–water partition coefficient (Wildman–Crippen LogP) is 0.285. The Labute approximate surface area is 141 Å². The van der Waals surface area contributed by atoms with E-state index in [0.29, 0.717) is 11.1 Å². The number of carboxylic acid groups (broad SMARTS) is 1. The number of benzene rings is 1. The second-order valence-electron chi connectivity index (χ2n) is 2.97. The number of rotatable bonds is 2. The van der Waals surface area contributed by atoms with E-state index in [0.717, 1.165) is 0 Å². The van der Waals surface area contributed by atoms with Gasteiger partial charge < -0.3 is 9.66 Å². The van der Waals surface area contributed by atoms with Gasteiger partial charge in [0.25, 0.3) is 0 Å². The molecule has 0 bridgehead atoms. The third-order valence-corrected chi connectivity index (χ3v) is 2.86. The first kappa shape index (κ1) is 19.1. The normalized spacial score (nSPS) is 10.9. The number of aromatic carboxylic acids is 1. The van der Waals surface area contributed by atoms with Gasteiger partial charge in [-0.25, -0.2) is 9.00 Å². The summed E-state index contributed by atoms with van der Waals surface area (Å²) >= 11 is -2.14. The monoisotopic (exact) mass is 262 g/mol. The number of aryl methyl sites for hydroxylation is 1.